The van der Waals surface area contributed by atoms with Crippen LogP contribution in [0.2, 0.25) is 0 Å². The standard InChI is InChI=1S/C9H18/c1-4-6-8-9(3)7-5-2/h9H,1,3-8H2,2H3. The van der Waals surface area contributed by atoms with E-state index in [2.05, 4.69) is 20.8 Å². The van der Waals surface area contributed by atoms with Crippen molar-refractivity contribution in [3.8, 4) is 0 Å². The fourth-order valence-electron chi connectivity index (χ4n) is 0.986. The van der Waals surface area contributed by atoms with E-state index in [-0.39, 0.29) is 0 Å². The lowest BCUT2D eigenvalue weighted by Crippen LogP contribution is -1.92. The fourth-order valence-corrected chi connectivity index (χ4v) is 0.986. The maximum atomic E-state index is 4.04. The van der Waals surface area contributed by atoms with Crippen molar-refractivity contribution >= 4 is 0 Å². The third-order valence-electron chi connectivity index (χ3n) is 1.56. The highest BCUT2D eigenvalue weighted by Crippen LogP contribution is 2.12. The maximum Gasteiger partial charge on any atom is -0.0414 e. The molecule has 1 unspecified atom stereocenters. The third kappa shape index (κ3) is 5.88. The van der Waals surface area contributed by atoms with E-state index in [1.54, 1.807) is 0 Å². The first kappa shape index (κ1) is 9.00. The van der Waals surface area contributed by atoms with E-state index in [4.69, 9.17) is 0 Å². The average molecular weight is 126 g/mol. The molecule has 0 rings (SSSR count). The van der Waals surface area contributed by atoms with Gasteiger partial charge in [-0.2, -0.15) is 0 Å². The van der Waals surface area contributed by atoms with Crippen LogP contribution in [0.1, 0.15) is 39.0 Å². The second-order valence-corrected chi connectivity index (χ2v) is 2.65. The third-order valence-corrected chi connectivity index (χ3v) is 1.56. The van der Waals surface area contributed by atoms with Gasteiger partial charge >= 0.3 is 0 Å². The van der Waals surface area contributed by atoms with E-state index in [1.165, 1.54) is 25.7 Å². The number of hydrogen-bond donors (Lipinski definition) is 0. The number of unbranched alkanes of at least 4 members (excludes halogenated alkanes) is 1. The summed E-state index contributed by atoms with van der Waals surface area (Å²) in [6.07, 6.45) is 6.12. The lowest BCUT2D eigenvalue weighted by atomic mass is 10.00. The summed E-state index contributed by atoms with van der Waals surface area (Å²) in [5.41, 5.74) is 0. The van der Waals surface area contributed by atoms with Crippen LogP contribution in [0.15, 0.2) is 0 Å². The largest absolute Gasteiger partial charge is 0.0654 e. The van der Waals surface area contributed by atoms with Crippen molar-refractivity contribution in [2.45, 2.75) is 39.0 Å². The fraction of sp³-hybridized carbons (Fsp3) is 0.778. The topological polar surface area (TPSA) is 0 Å². The van der Waals surface area contributed by atoms with Crippen LogP contribution in [0.25, 0.3) is 0 Å². The predicted octanol–water partition coefficient (Wildman–Crippen LogP) is 3.24. The Morgan fingerprint density at radius 2 is 2.00 bits per heavy atom. The van der Waals surface area contributed by atoms with E-state index >= 15 is 0 Å². The second kappa shape index (κ2) is 6.12. The molecule has 0 bridgehead atoms. The van der Waals surface area contributed by atoms with Gasteiger partial charge in [-0.05, 0) is 5.92 Å². The number of rotatable bonds is 5. The normalized spacial score (nSPS) is 13.7. The van der Waals surface area contributed by atoms with Gasteiger partial charge in [-0.1, -0.05) is 52.9 Å². The van der Waals surface area contributed by atoms with Crippen LogP contribution in [0.4, 0.5) is 0 Å². The molecule has 9 heavy (non-hydrogen) atoms. The van der Waals surface area contributed by atoms with Crippen LogP contribution in [0.3, 0.4) is 0 Å². The van der Waals surface area contributed by atoms with Crippen molar-refractivity contribution in [1.82, 2.24) is 0 Å². The summed E-state index contributed by atoms with van der Waals surface area (Å²) in [6, 6.07) is 0. The van der Waals surface area contributed by atoms with E-state index < -0.39 is 0 Å². The van der Waals surface area contributed by atoms with Crippen molar-refractivity contribution in [3.63, 3.8) is 0 Å². The predicted molar refractivity (Wildman–Crippen MR) is 43.0 cm³/mol. The van der Waals surface area contributed by atoms with Gasteiger partial charge in [0, 0.05) is 0 Å². The van der Waals surface area contributed by atoms with Gasteiger partial charge in [-0.25, -0.2) is 0 Å². The maximum absolute atomic E-state index is 4.04. The van der Waals surface area contributed by atoms with Gasteiger partial charge in [0.15, 0.2) is 0 Å². The Bertz CT molecular complexity index is 48.0. The minimum atomic E-state index is 0.678. The Morgan fingerprint density at radius 3 is 2.44 bits per heavy atom. The van der Waals surface area contributed by atoms with Crippen LogP contribution < -0.4 is 0 Å². The molecular weight excluding hydrogens is 108 g/mol. The highest BCUT2D eigenvalue weighted by Gasteiger charge is 1.97. The van der Waals surface area contributed by atoms with Crippen LogP contribution >= 0.6 is 0 Å². The van der Waals surface area contributed by atoms with Crippen molar-refractivity contribution in [2.24, 2.45) is 5.92 Å². The lowest BCUT2D eigenvalue weighted by Gasteiger charge is -2.06. The Labute approximate surface area is 59.7 Å². The van der Waals surface area contributed by atoms with Crippen molar-refractivity contribution in [3.05, 3.63) is 13.8 Å². The zero-order valence-corrected chi connectivity index (χ0v) is 6.53. The monoisotopic (exact) mass is 126 g/mol. The van der Waals surface area contributed by atoms with Crippen molar-refractivity contribution in [2.75, 3.05) is 0 Å². The molecule has 0 heterocycles. The lowest BCUT2D eigenvalue weighted by molar-refractivity contribution is 0.515. The summed E-state index contributed by atoms with van der Waals surface area (Å²) in [5, 5.41) is 0. The molecule has 0 amide bonds. The summed E-state index contributed by atoms with van der Waals surface area (Å²) in [7, 11) is 0. The average Bonchev–Trinajstić information content (AvgIpc) is 1.85. The summed E-state index contributed by atoms with van der Waals surface area (Å²) >= 11 is 0. The first-order valence-electron chi connectivity index (χ1n) is 3.93. The minimum Gasteiger partial charge on any atom is -0.0654 e. The summed E-state index contributed by atoms with van der Waals surface area (Å²) < 4.78 is 0. The highest BCUT2D eigenvalue weighted by molar-refractivity contribution is 4.60. The van der Waals surface area contributed by atoms with Gasteiger partial charge in [0.05, 0.1) is 0 Å². The Hall–Kier alpha value is 0. The number of hydrogen-bond acceptors (Lipinski definition) is 0. The van der Waals surface area contributed by atoms with Crippen LogP contribution in [-0.4, -0.2) is 0 Å². The first-order chi connectivity index (χ1) is 4.31. The molecule has 0 aliphatic heterocycles. The molecule has 0 aromatic rings. The van der Waals surface area contributed by atoms with Crippen molar-refractivity contribution in [1.29, 1.82) is 0 Å². The van der Waals surface area contributed by atoms with Crippen LogP contribution in [0, 0.1) is 19.8 Å². The molecule has 0 N–H and O–H groups in total. The Morgan fingerprint density at radius 1 is 1.33 bits per heavy atom. The minimum absolute atomic E-state index is 0.678. The molecule has 0 aromatic heterocycles. The van der Waals surface area contributed by atoms with E-state index in [9.17, 15) is 0 Å². The first-order valence-corrected chi connectivity index (χ1v) is 3.93. The molecule has 0 spiro atoms. The molecule has 0 saturated heterocycles. The summed E-state index contributed by atoms with van der Waals surface area (Å²) in [4.78, 5) is 0. The van der Waals surface area contributed by atoms with Gasteiger partial charge in [-0.15, -0.1) is 0 Å². The SMILES string of the molecule is [CH2]CCCC([CH2])CCC. The molecule has 54 valence electrons. The molecule has 0 aliphatic carbocycles. The Balaban J connectivity index is 2.95. The molecule has 2 radical (unpaired) electrons. The molecule has 0 aromatic carbocycles. The van der Waals surface area contributed by atoms with E-state index in [0.29, 0.717) is 5.92 Å². The van der Waals surface area contributed by atoms with Crippen LogP contribution in [-0.2, 0) is 0 Å². The van der Waals surface area contributed by atoms with Gasteiger partial charge < -0.3 is 0 Å². The van der Waals surface area contributed by atoms with Gasteiger partial charge in [-0.3, -0.25) is 0 Å². The molecule has 1 atom stereocenters. The van der Waals surface area contributed by atoms with Crippen LogP contribution in [0.5, 0.6) is 0 Å². The second-order valence-electron chi connectivity index (χ2n) is 2.65. The Kier molecular flexibility index (Phi) is 6.12. The summed E-state index contributed by atoms with van der Waals surface area (Å²) in [6.45, 7) is 10.0. The zero-order chi connectivity index (χ0) is 7.11. The molecule has 0 nitrogen and oxygen atoms in total. The van der Waals surface area contributed by atoms with Crippen molar-refractivity contribution < 1.29 is 0 Å². The molecule has 0 heteroatoms. The van der Waals surface area contributed by atoms with Gasteiger partial charge in [0.2, 0.25) is 0 Å². The smallest absolute Gasteiger partial charge is 0.0414 e. The van der Waals surface area contributed by atoms with Gasteiger partial charge in [0.1, 0.15) is 0 Å². The summed E-state index contributed by atoms with van der Waals surface area (Å²) in [5.74, 6) is 0.678. The van der Waals surface area contributed by atoms with E-state index in [0.717, 1.165) is 6.42 Å². The zero-order valence-electron chi connectivity index (χ0n) is 6.53. The molecule has 0 saturated carbocycles. The molecular formula is C9H18. The molecule has 0 fully saturated rings. The van der Waals surface area contributed by atoms with Gasteiger partial charge in [0.25, 0.3) is 0 Å². The quantitative estimate of drug-likeness (QED) is 0.530. The van der Waals surface area contributed by atoms with E-state index in [1.807, 2.05) is 0 Å². The highest BCUT2D eigenvalue weighted by atomic mass is 14.0. The molecule has 0 aliphatic rings.